The minimum atomic E-state index is 0.686. The Kier molecular flexibility index (Phi) is 6.32. The van der Waals surface area contributed by atoms with Crippen molar-refractivity contribution in [3.63, 3.8) is 0 Å². The van der Waals surface area contributed by atoms with E-state index in [0.717, 1.165) is 31.5 Å². The second kappa shape index (κ2) is 7.25. The highest BCUT2D eigenvalue weighted by Crippen LogP contribution is 2.18. The molecule has 2 atom stereocenters. The molecule has 96 valence electrons. The standard InChI is InChI=1S/C13H28N2O/c1-11(2)10-15(7-8-16-4)13-9-14-6-5-12(13)3/h11-14H,5-10H2,1-4H3. The lowest BCUT2D eigenvalue weighted by Crippen LogP contribution is -2.52. The Hall–Kier alpha value is -0.120. The number of nitrogens with one attached hydrogen (secondary N) is 1. The third-order valence-electron chi connectivity index (χ3n) is 3.44. The molecule has 0 aromatic rings. The summed E-state index contributed by atoms with van der Waals surface area (Å²) in [5.41, 5.74) is 0. The lowest BCUT2D eigenvalue weighted by Gasteiger charge is -2.39. The van der Waals surface area contributed by atoms with Crippen LogP contribution < -0.4 is 5.32 Å². The third-order valence-corrected chi connectivity index (χ3v) is 3.44. The molecule has 0 aromatic heterocycles. The van der Waals surface area contributed by atoms with Crippen LogP contribution in [0, 0.1) is 11.8 Å². The van der Waals surface area contributed by atoms with Crippen LogP contribution in [-0.2, 0) is 4.74 Å². The number of hydrogen-bond acceptors (Lipinski definition) is 3. The van der Waals surface area contributed by atoms with Crippen LogP contribution in [0.25, 0.3) is 0 Å². The Morgan fingerprint density at radius 1 is 1.44 bits per heavy atom. The van der Waals surface area contributed by atoms with E-state index in [1.807, 2.05) is 0 Å². The molecular weight excluding hydrogens is 200 g/mol. The fourth-order valence-electron chi connectivity index (χ4n) is 2.53. The molecule has 0 saturated carbocycles. The van der Waals surface area contributed by atoms with Gasteiger partial charge in [-0.1, -0.05) is 20.8 Å². The van der Waals surface area contributed by atoms with Gasteiger partial charge < -0.3 is 10.1 Å². The van der Waals surface area contributed by atoms with Crippen molar-refractivity contribution >= 4 is 0 Å². The third kappa shape index (κ3) is 4.40. The maximum absolute atomic E-state index is 5.22. The Morgan fingerprint density at radius 3 is 2.75 bits per heavy atom. The number of methoxy groups -OCH3 is 1. The molecule has 1 aliphatic rings. The molecule has 0 aromatic carbocycles. The lowest BCUT2D eigenvalue weighted by molar-refractivity contribution is 0.0744. The average Bonchev–Trinajstić information content (AvgIpc) is 2.24. The second-order valence-electron chi connectivity index (χ2n) is 5.42. The molecule has 0 radical (unpaired) electrons. The van der Waals surface area contributed by atoms with Gasteiger partial charge in [0.05, 0.1) is 6.61 Å². The Bertz CT molecular complexity index is 185. The van der Waals surface area contributed by atoms with Gasteiger partial charge in [0.1, 0.15) is 0 Å². The van der Waals surface area contributed by atoms with Gasteiger partial charge in [-0.15, -0.1) is 0 Å². The van der Waals surface area contributed by atoms with Crippen molar-refractivity contribution in [1.29, 1.82) is 0 Å². The topological polar surface area (TPSA) is 24.5 Å². The van der Waals surface area contributed by atoms with Crippen LogP contribution in [0.15, 0.2) is 0 Å². The molecule has 0 aliphatic carbocycles. The second-order valence-corrected chi connectivity index (χ2v) is 5.42. The summed E-state index contributed by atoms with van der Waals surface area (Å²) in [7, 11) is 1.79. The largest absolute Gasteiger partial charge is 0.383 e. The highest BCUT2D eigenvalue weighted by molar-refractivity contribution is 4.84. The molecule has 0 spiro atoms. The number of rotatable bonds is 6. The molecule has 1 fully saturated rings. The summed E-state index contributed by atoms with van der Waals surface area (Å²) < 4.78 is 5.22. The highest BCUT2D eigenvalue weighted by atomic mass is 16.5. The molecule has 1 N–H and O–H groups in total. The maximum atomic E-state index is 5.22. The quantitative estimate of drug-likeness (QED) is 0.747. The first-order chi connectivity index (χ1) is 7.65. The molecule has 0 amide bonds. The zero-order valence-electron chi connectivity index (χ0n) is 11.3. The zero-order chi connectivity index (χ0) is 12.0. The number of nitrogens with zero attached hydrogens (tertiary/aromatic N) is 1. The maximum Gasteiger partial charge on any atom is 0.0589 e. The van der Waals surface area contributed by atoms with E-state index in [0.29, 0.717) is 6.04 Å². The monoisotopic (exact) mass is 228 g/mol. The highest BCUT2D eigenvalue weighted by Gasteiger charge is 2.26. The van der Waals surface area contributed by atoms with Crippen LogP contribution in [0.5, 0.6) is 0 Å². The van der Waals surface area contributed by atoms with Crippen LogP contribution in [0.3, 0.4) is 0 Å². The van der Waals surface area contributed by atoms with E-state index in [-0.39, 0.29) is 0 Å². The minimum Gasteiger partial charge on any atom is -0.383 e. The van der Waals surface area contributed by atoms with Crippen LogP contribution in [0.4, 0.5) is 0 Å². The first-order valence-corrected chi connectivity index (χ1v) is 6.58. The molecule has 0 bridgehead atoms. The molecule has 1 heterocycles. The van der Waals surface area contributed by atoms with E-state index < -0.39 is 0 Å². The van der Waals surface area contributed by atoms with E-state index >= 15 is 0 Å². The van der Waals surface area contributed by atoms with E-state index in [9.17, 15) is 0 Å². The predicted molar refractivity (Wildman–Crippen MR) is 68.7 cm³/mol. The van der Waals surface area contributed by atoms with Crippen molar-refractivity contribution in [2.75, 3.05) is 39.9 Å². The van der Waals surface area contributed by atoms with Gasteiger partial charge in [-0.2, -0.15) is 0 Å². The van der Waals surface area contributed by atoms with Crippen molar-refractivity contribution in [3.05, 3.63) is 0 Å². The summed E-state index contributed by atoms with van der Waals surface area (Å²) in [6, 6.07) is 0.686. The molecular formula is C13H28N2O. The van der Waals surface area contributed by atoms with Gasteiger partial charge in [0, 0.05) is 32.8 Å². The molecule has 1 rings (SSSR count). The van der Waals surface area contributed by atoms with Gasteiger partial charge >= 0.3 is 0 Å². The number of hydrogen-bond donors (Lipinski definition) is 1. The summed E-state index contributed by atoms with van der Waals surface area (Å²) in [5.74, 6) is 1.53. The molecule has 16 heavy (non-hydrogen) atoms. The van der Waals surface area contributed by atoms with Crippen LogP contribution in [0.2, 0.25) is 0 Å². The number of piperidine rings is 1. The molecule has 1 saturated heterocycles. The van der Waals surface area contributed by atoms with Crippen molar-refractivity contribution in [3.8, 4) is 0 Å². The molecule has 3 nitrogen and oxygen atoms in total. The summed E-state index contributed by atoms with van der Waals surface area (Å²) in [6.07, 6.45) is 1.30. The van der Waals surface area contributed by atoms with E-state index in [1.165, 1.54) is 19.5 Å². The first kappa shape index (κ1) is 13.9. The Morgan fingerprint density at radius 2 is 2.19 bits per heavy atom. The van der Waals surface area contributed by atoms with Crippen molar-refractivity contribution in [2.45, 2.75) is 33.2 Å². The fraction of sp³-hybridized carbons (Fsp3) is 1.00. The minimum absolute atomic E-state index is 0.686. The van der Waals surface area contributed by atoms with Crippen LogP contribution >= 0.6 is 0 Å². The summed E-state index contributed by atoms with van der Waals surface area (Å²) in [6.45, 7) is 12.4. The van der Waals surface area contributed by atoms with Crippen LogP contribution in [0.1, 0.15) is 27.2 Å². The molecule has 3 heteroatoms. The van der Waals surface area contributed by atoms with E-state index in [4.69, 9.17) is 4.74 Å². The SMILES string of the molecule is COCCN(CC(C)C)C1CNCCC1C. The average molecular weight is 228 g/mol. The Labute approximate surface area is 101 Å². The first-order valence-electron chi connectivity index (χ1n) is 6.58. The number of ether oxygens (including phenoxy) is 1. The van der Waals surface area contributed by atoms with Crippen molar-refractivity contribution in [1.82, 2.24) is 10.2 Å². The van der Waals surface area contributed by atoms with Gasteiger partial charge in [-0.05, 0) is 24.8 Å². The molecule has 1 aliphatic heterocycles. The van der Waals surface area contributed by atoms with Crippen molar-refractivity contribution in [2.24, 2.45) is 11.8 Å². The predicted octanol–water partition coefficient (Wildman–Crippen LogP) is 1.59. The van der Waals surface area contributed by atoms with Crippen LogP contribution in [-0.4, -0.2) is 50.8 Å². The smallest absolute Gasteiger partial charge is 0.0589 e. The Balaban J connectivity index is 2.50. The molecule has 2 unspecified atom stereocenters. The van der Waals surface area contributed by atoms with E-state index in [1.54, 1.807) is 7.11 Å². The summed E-state index contributed by atoms with van der Waals surface area (Å²) >= 11 is 0. The summed E-state index contributed by atoms with van der Waals surface area (Å²) in [5, 5.41) is 3.51. The van der Waals surface area contributed by atoms with Gasteiger partial charge in [-0.25, -0.2) is 0 Å². The van der Waals surface area contributed by atoms with Gasteiger partial charge in [-0.3, -0.25) is 4.90 Å². The van der Waals surface area contributed by atoms with Gasteiger partial charge in [0.15, 0.2) is 0 Å². The fourth-order valence-corrected chi connectivity index (χ4v) is 2.53. The lowest BCUT2D eigenvalue weighted by atomic mass is 9.93. The van der Waals surface area contributed by atoms with E-state index in [2.05, 4.69) is 31.0 Å². The van der Waals surface area contributed by atoms with Gasteiger partial charge in [0.25, 0.3) is 0 Å². The summed E-state index contributed by atoms with van der Waals surface area (Å²) in [4.78, 5) is 2.60. The normalized spacial score (nSPS) is 26.6. The zero-order valence-corrected chi connectivity index (χ0v) is 11.3. The van der Waals surface area contributed by atoms with Gasteiger partial charge in [0.2, 0.25) is 0 Å². The van der Waals surface area contributed by atoms with Crippen molar-refractivity contribution < 1.29 is 4.74 Å².